The highest BCUT2D eigenvalue weighted by atomic mass is 16.5. The van der Waals surface area contributed by atoms with Gasteiger partial charge < -0.3 is 14.9 Å². The van der Waals surface area contributed by atoms with Crippen molar-refractivity contribution in [2.24, 2.45) is 0 Å². The molecule has 0 aromatic heterocycles. The van der Waals surface area contributed by atoms with Gasteiger partial charge in [-0.25, -0.2) is 4.79 Å². The molecule has 1 aliphatic heterocycles. The van der Waals surface area contributed by atoms with Gasteiger partial charge in [0.15, 0.2) is 6.10 Å². The van der Waals surface area contributed by atoms with Crippen LogP contribution in [0.2, 0.25) is 0 Å². The molecular weight excluding hydrogens is 186 g/mol. The van der Waals surface area contributed by atoms with E-state index in [4.69, 9.17) is 9.84 Å². The van der Waals surface area contributed by atoms with Crippen molar-refractivity contribution in [2.75, 3.05) is 19.7 Å². The van der Waals surface area contributed by atoms with Crippen molar-refractivity contribution in [3.05, 3.63) is 0 Å². The van der Waals surface area contributed by atoms with Crippen LogP contribution in [0.3, 0.4) is 0 Å². The predicted molar refractivity (Wildman–Crippen MR) is 50.1 cm³/mol. The molecule has 1 aliphatic rings. The molecule has 0 bridgehead atoms. The Morgan fingerprint density at radius 3 is 2.71 bits per heavy atom. The van der Waals surface area contributed by atoms with Gasteiger partial charge in [-0.3, -0.25) is 4.90 Å². The molecule has 0 spiro atoms. The van der Waals surface area contributed by atoms with Crippen LogP contribution in [0.1, 0.15) is 13.8 Å². The fourth-order valence-electron chi connectivity index (χ4n) is 1.49. The predicted octanol–water partition coefficient (Wildman–Crippen LogP) is -0.459. The van der Waals surface area contributed by atoms with E-state index < -0.39 is 18.2 Å². The smallest absolute Gasteiger partial charge is 0.334 e. The van der Waals surface area contributed by atoms with E-state index in [1.54, 1.807) is 6.92 Å². The Bertz CT molecular complexity index is 207. The number of carbonyl (C=O) groups is 1. The van der Waals surface area contributed by atoms with Gasteiger partial charge in [0, 0.05) is 19.1 Å². The van der Waals surface area contributed by atoms with E-state index in [-0.39, 0.29) is 6.04 Å². The van der Waals surface area contributed by atoms with Gasteiger partial charge in [-0.05, 0) is 13.8 Å². The first kappa shape index (κ1) is 11.4. The van der Waals surface area contributed by atoms with Gasteiger partial charge in [0.25, 0.3) is 0 Å². The van der Waals surface area contributed by atoms with Crippen molar-refractivity contribution >= 4 is 5.97 Å². The van der Waals surface area contributed by atoms with E-state index in [9.17, 15) is 9.90 Å². The van der Waals surface area contributed by atoms with Crippen molar-refractivity contribution < 1.29 is 19.7 Å². The number of ether oxygens (including phenoxy) is 1. The highest BCUT2D eigenvalue weighted by Crippen LogP contribution is 2.11. The zero-order chi connectivity index (χ0) is 10.7. The number of carboxylic acid groups (broad SMARTS) is 1. The standard InChI is InChI=1S/C9H17NO4/c1-6(7(2)11)10-3-4-14-8(5-10)9(12)13/h6-8,11H,3-5H2,1-2H3,(H,12,13). The van der Waals surface area contributed by atoms with Crippen LogP contribution in [-0.2, 0) is 9.53 Å². The van der Waals surface area contributed by atoms with Crippen LogP contribution in [-0.4, -0.2) is 59.0 Å². The first-order valence-corrected chi connectivity index (χ1v) is 4.79. The van der Waals surface area contributed by atoms with E-state index in [0.717, 1.165) is 0 Å². The van der Waals surface area contributed by atoms with Crippen LogP contribution in [0.25, 0.3) is 0 Å². The summed E-state index contributed by atoms with van der Waals surface area (Å²) in [7, 11) is 0. The van der Waals surface area contributed by atoms with Gasteiger partial charge >= 0.3 is 5.97 Å². The molecule has 2 N–H and O–H groups in total. The number of morpholine rings is 1. The summed E-state index contributed by atoms with van der Waals surface area (Å²) < 4.78 is 5.08. The van der Waals surface area contributed by atoms with Crippen molar-refractivity contribution in [2.45, 2.75) is 32.1 Å². The molecular formula is C9H17NO4. The Morgan fingerprint density at radius 1 is 1.57 bits per heavy atom. The third-order valence-electron chi connectivity index (χ3n) is 2.65. The molecule has 0 saturated carbocycles. The molecule has 0 aliphatic carbocycles. The summed E-state index contributed by atoms with van der Waals surface area (Å²) >= 11 is 0. The lowest BCUT2D eigenvalue weighted by atomic mass is 10.1. The molecule has 1 heterocycles. The third kappa shape index (κ3) is 2.67. The van der Waals surface area contributed by atoms with Crippen LogP contribution in [0, 0.1) is 0 Å². The number of hydrogen-bond donors (Lipinski definition) is 2. The zero-order valence-electron chi connectivity index (χ0n) is 8.51. The Kier molecular flexibility index (Phi) is 3.86. The van der Waals surface area contributed by atoms with Gasteiger partial charge in [-0.15, -0.1) is 0 Å². The quantitative estimate of drug-likeness (QED) is 0.649. The van der Waals surface area contributed by atoms with E-state index in [1.807, 2.05) is 11.8 Å². The van der Waals surface area contributed by atoms with Crippen molar-refractivity contribution in [3.63, 3.8) is 0 Å². The van der Waals surface area contributed by atoms with Crippen LogP contribution in [0.15, 0.2) is 0 Å². The van der Waals surface area contributed by atoms with E-state index in [2.05, 4.69) is 0 Å². The van der Waals surface area contributed by atoms with Crippen LogP contribution >= 0.6 is 0 Å². The second-order valence-electron chi connectivity index (χ2n) is 3.67. The summed E-state index contributed by atoms with van der Waals surface area (Å²) in [4.78, 5) is 12.6. The number of aliphatic carboxylic acids is 1. The highest BCUT2D eigenvalue weighted by molar-refractivity contribution is 5.72. The van der Waals surface area contributed by atoms with Gasteiger partial charge in [-0.2, -0.15) is 0 Å². The molecule has 0 radical (unpaired) electrons. The van der Waals surface area contributed by atoms with Crippen LogP contribution in [0.5, 0.6) is 0 Å². The molecule has 14 heavy (non-hydrogen) atoms. The topological polar surface area (TPSA) is 70.0 Å². The highest BCUT2D eigenvalue weighted by Gasteiger charge is 2.29. The number of rotatable bonds is 3. The molecule has 82 valence electrons. The minimum atomic E-state index is -0.938. The lowest BCUT2D eigenvalue weighted by Gasteiger charge is -2.36. The molecule has 5 heteroatoms. The molecule has 3 unspecified atom stereocenters. The first-order valence-electron chi connectivity index (χ1n) is 4.79. The second kappa shape index (κ2) is 4.72. The molecule has 0 aromatic carbocycles. The average molecular weight is 203 g/mol. The fourth-order valence-corrected chi connectivity index (χ4v) is 1.49. The maximum absolute atomic E-state index is 10.7. The maximum atomic E-state index is 10.7. The van der Waals surface area contributed by atoms with E-state index in [1.165, 1.54) is 0 Å². The Morgan fingerprint density at radius 2 is 2.21 bits per heavy atom. The molecule has 5 nitrogen and oxygen atoms in total. The van der Waals surface area contributed by atoms with Gasteiger partial charge in [0.1, 0.15) is 0 Å². The number of hydrogen-bond acceptors (Lipinski definition) is 4. The van der Waals surface area contributed by atoms with E-state index in [0.29, 0.717) is 19.7 Å². The largest absolute Gasteiger partial charge is 0.479 e. The average Bonchev–Trinajstić information content (AvgIpc) is 2.16. The van der Waals surface area contributed by atoms with Crippen molar-refractivity contribution in [1.82, 2.24) is 4.90 Å². The summed E-state index contributed by atoms with van der Waals surface area (Å²) in [6.07, 6.45) is -1.22. The molecule has 1 fully saturated rings. The van der Waals surface area contributed by atoms with Gasteiger partial charge in [0.05, 0.1) is 12.7 Å². The normalized spacial score (nSPS) is 28.4. The Balaban J connectivity index is 2.51. The van der Waals surface area contributed by atoms with Crippen LogP contribution in [0.4, 0.5) is 0 Å². The minimum Gasteiger partial charge on any atom is -0.479 e. The van der Waals surface area contributed by atoms with Gasteiger partial charge in [0.2, 0.25) is 0 Å². The lowest BCUT2D eigenvalue weighted by molar-refractivity contribution is -0.158. The number of nitrogens with zero attached hydrogens (tertiary/aromatic N) is 1. The molecule has 1 rings (SSSR count). The first-order chi connectivity index (χ1) is 6.52. The Hall–Kier alpha value is -0.650. The minimum absolute atomic E-state index is 0.0271. The fraction of sp³-hybridized carbons (Fsp3) is 0.889. The summed E-state index contributed by atoms with van der Waals surface area (Å²) in [5, 5.41) is 18.1. The van der Waals surface area contributed by atoms with E-state index >= 15 is 0 Å². The summed E-state index contributed by atoms with van der Waals surface area (Å²) in [6, 6.07) is -0.0271. The van der Waals surface area contributed by atoms with Gasteiger partial charge in [-0.1, -0.05) is 0 Å². The SMILES string of the molecule is CC(O)C(C)N1CCOC(C(=O)O)C1. The maximum Gasteiger partial charge on any atom is 0.334 e. The molecule has 0 aromatic rings. The Labute approximate surface area is 83.3 Å². The van der Waals surface area contributed by atoms with Crippen molar-refractivity contribution in [1.29, 1.82) is 0 Å². The van der Waals surface area contributed by atoms with Crippen LogP contribution < -0.4 is 0 Å². The molecule has 3 atom stereocenters. The third-order valence-corrected chi connectivity index (χ3v) is 2.65. The lowest BCUT2D eigenvalue weighted by Crippen LogP contribution is -2.52. The number of aliphatic hydroxyl groups is 1. The zero-order valence-corrected chi connectivity index (χ0v) is 8.51. The second-order valence-corrected chi connectivity index (χ2v) is 3.67. The molecule has 0 amide bonds. The summed E-state index contributed by atoms with van der Waals surface area (Å²) in [5.74, 6) is -0.938. The summed E-state index contributed by atoms with van der Waals surface area (Å²) in [6.45, 7) is 5.02. The number of aliphatic hydroxyl groups excluding tert-OH is 1. The monoisotopic (exact) mass is 203 g/mol. The molecule has 1 saturated heterocycles. The summed E-state index contributed by atoms with van der Waals surface area (Å²) in [5.41, 5.74) is 0. The van der Waals surface area contributed by atoms with Crippen molar-refractivity contribution in [3.8, 4) is 0 Å². The number of carboxylic acids is 1.